The second-order valence-electron chi connectivity index (χ2n) is 3.75. The van der Waals surface area contributed by atoms with Crippen LogP contribution in [-0.4, -0.2) is 26.9 Å². The lowest BCUT2D eigenvalue weighted by molar-refractivity contribution is 0.0311. The van der Waals surface area contributed by atoms with Crippen molar-refractivity contribution in [2.24, 2.45) is 11.3 Å². The average molecular weight is 158 g/mol. The Hall–Kier alpha value is -0.0800. The van der Waals surface area contributed by atoms with Gasteiger partial charge in [-0.25, -0.2) is 0 Å². The molecular formula is C9H18O2. The van der Waals surface area contributed by atoms with Gasteiger partial charge in [-0.3, -0.25) is 0 Å². The molecule has 0 aromatic carbocycles. The molecule has 0 spiro atoms. The number of ether oxygens (including phenoxy) is 2. The van der Waals surface area contributed by atoms with E-state index in [0.29, 0.717) is 11.3 Å². The first-order valence-electron chi connectivity index (χ1n) is 4.28. The molecule has 1 atom stereocenters. The lowest BCUT2D eigenvalue weighted by atomic mass is 9.77. The minimum atomic E-state index is 0.300. The SMILES string of the molecule is COCC1(C(C)C)CCOC1. The van der Waals surface area contributed by atoms with E-state index < -0.39 is 0 Å². The van der Waals surface area contributed by atoms with E-state index in [1.165, 1.54) is 0 Å². The third-order valence-electron chi connectivity index (χ3n) is 2.79. The molecule has 0 saturated carbocycles. The van der Waals surface area contributed by atoms with E-state index in [4.69, 9.17) is 9.47 Å². The van der Waals surface area contributed by atoms with Gasteiger partial charge in [0.25, 0.3) is 0 Å². The summed E-state index contributed by atoms with van der Waals surface area (Å²) in [5, 5.41) is 0. The van der Waals surface area contributed by atoms with Gasteiger partial charge in [0.05, 0.1) is 13.2 Å². The lowest BCUT2D eigenvalue weighted by Gasteiger charge is -2.30. The number of methoxy groups -OCH3 is 1. The molecule has 0 aliphatic carbocycles. The van der Waals surface area contributed by atoms with Gasteiger partial charge in [0.2, 0.25) is 0 Å². The van der Waals surface area contributed by atoms with E-state index >= 15 is 0 Å². The van der Waals surface area contributed by atoms with Gasteiger partial charge in [-0.15, -0.1) is 0 Å². The van der Waals surface area contributed by atoms with Crippen molar-refractivity contribution in [3.8, 4) is 0 Å². The second kappa shape index (κ2) is 3.55. The maximum Gasteiger partial charge on any atom is 0.0547 e. The predicted molar refractivity (Wildman–Crippen MR) is 44.6 cm³/mol. The quantitative estimate of drug-likeness (QED) is 0.622. The number of hydrogen-bond donors (Lipinski definition) is 0. The van der Waals surface area contributed by atoms with Gasteiger partial charge in [0.15, 0.2) is 0 Å². The zero-order valence-corrected chi connectivity index (χ0v) is 7.72. The van der Waals surface area contributed by atoms with E-state index in [0.717, 1.165) is 26.2 Å². The van der Waals surface area contributed by atoms with Crippen molar-refractivity contribution in [1.29, 1.82) is 0 Å². The van der Waals surface area contributed by atoms with Gasteiger partial charge in [0, 0.05) is 19.1 Å². The van der Waals surface area contributed by atoms with E-state index in [1.54, 1.807) is 7.11 Å². The highest BCUT2D eigenvalue weighted by molar-refractivity contribution is 4.85. The lowest BCUT2D eigenvalue weighted by Crippen LogP contribution is -2.32. The smallest absolute Gasteiger partial charge is 0.0547 e. The van der Waals surface area contributed by atoms with Crippen molar-refractivity contribution < 1.29 is 9.47 Å². The largest absolute Gasteiger partial charge is 0.384 e. The normalized spacial score (nSPS) is 31.6. The van der Waals surface area contributed by atoms with Gasteiger partial charge in [-0.2, -0.15) is 0 Å². The van der Waals surface area contributed by atoms with Crippen LogP contribution in [0, 0.1) is 11.3 Å². The number of rotatable bonds is 3. The predicted octanol–water partition coefficient (Wildman–Crippen LogP) is 1.70. The Labute approximate surface area is 68.9 Å². The molecule has 0 aromatic heterocycles. The van der Waals surface area contributed by atoms with E-state index in [1.807, 2.05) is 0 Å². The second-order valence-corrected chi connectivity index (χ2v) is 3.75. The molecule has 0 bridgehead atoms. The van der Waals surface area contributed by atoms with Crippen LogP contribution in [0.15, 0.2) is 0 Å². The fraction of sp³-hybridized carbons (Fsp3) is 1.00. The van der Waals surface area contributed by atoms with Gasteiger partial charge >= 0.3 is 0 Å². The average Bonchev–Trinajstić information content (AvgIpc) is 2.38. The van der Waals surface area contributed by atoms with Crippen molar-refractivity contribution in [1.82, 2.24) is 0 Å². The van der Waals surface area contributed by atoms with Crippen molar-refractivity contribution >= 4 is 0 Å². The summed E-state index contributed by atoms with van der Waals surface area (Å²) in [6.45, 7) is 7.10. The summed E-state index contributed by atoms with van der Waals surface area (Å²) < 4.78 is 10.6. The Morgan fingerprint density at radius 1 is 1.55 bits per heavy atom. The van der Waals surface area contributed by atoms with Gasteiger partial charge in [-0.05, 0) is 12.3 Å². The van der Waals surface area contributed by atoms with Gasteiger partial charge in [-0.1, -0.05) is 13.8 Å². The molecule has 1 saturated heterocycles. The summed E-state index contributed by atoms with van der Waals surface area (Å²) >= 11 is 0. The first-order valence-corrected chi connectivity index (χ1v) is 4.28. The molecule has 1 aliphatic heterocycles. The molecule has 2 heteroatoms. The van der Waals surface area contributed by atoms with Crippen LogP contribution in [0.2, 0.25) is 0 Å². The topological polar surface area (TPSA) is 18.5 Å². The zero-order chi connectivity index (χ0) is 8.32. The van der Waals surface area contributed by atoms with Crippen LogP contribution in [0.1, 0.15) is 20.3 Å². The third-order valence-corrected chi connectivity index (χ3v) is 2.79. The molecule has 2 nitrogen and oxygen atoms in total. The molecule has 0 radical (unpaired) electrons. The summed E-state index contributed by atoms with van der Waals surface area (Å²) in [4.78, 5) is 0. The Morgan fingerprint density at radius 2 is 2.27 bits per heavy atom. The monoisotopic (exact) mass is 158 g/mol. The van der Waals surface area contributed by atoms with Gasteiger partial charge in [0.1, 0.15) is 0 Å². The highest BCUT2D eigenvalue weighted by Gasteiger charge is 2.37. The highest BCUT2D eigenvalue weighted by atomic mass is 16.5. The van der Waals surface area contributed by atoms with E-state index in [-0.39, 0.29) is 0 Å². The maximum atomic E-state index is 5.39. The molecule has 1 heterocycles. The Morgan fingerprint density at radius 3 is 2.64 bits per heavy atom. The first kappa shape index (κ1) is 9.01. The molecule has 11 heavy (non-hydrogen) atoms. The minimum absolute atomic E-state index is 0.300. The highest BCUT2D eigenvalue weighted by Crippen LogP contribution is 2.36. The van der Waals surface area contributed by atoms with Crippen LogP contribution in [0.5, 0.6) is 0 Å². The standard InChI is InChI=1S/C9H18O2/c1-8(2)9(6-10-3)4-5-11-7-9/h8H,4-7H2,1-3H3. The first-order chi connectivity index (χ1) is 5.21. The summed E-state index contributed by atoms with van der Waals surface area (Å²) in [6.07, 6.45) is 1.15. The van der Waals surface area contributed by atoms with Crippen molar-refractivity contribution in [3.05, 3.63) is 0 Å². The van der Waals surface area contributed by atoms with Crippen LogP contribution in [0.25, 0.3) is 0 Å². The van der Waals surface area contributed by atoms with E-state index in [2.05, 4.69) is 13.8 Å². The summed E-state index contributed by atoms with van der Waals surface area (Å²) in [7, 11) is 1.77. The molecule has 1 rings (SSSR count). The maximum absolute atomic E-state index is 5.39. The molecular weight excluding hydrogens is 140 g/mol. The number of hydrogen-bond acceptors (Lipinski definition) is 2. The van der Waals surface area contributed by atoms with Crippen LogP contribution >= 0.6 is 0 Å². The fourth-order valence-electron chi connectivity index (χ4n) is 1.65. The molecule has 1 unspecified atom stereocenters. The molecule has 0 aromatic rings. The Bertz CT molecular complexity index is 115. The van der Waals surface area contributed by atoms with Crippen LogP contribution in [0.4, 0.5) is 0 Å². The van der Waals surface area contributed by atoms with Crippen molar-refractivity contribution in [2.45, 2.75) is 20.3 Å². The third kappa shape index (κ3) is 1.74. The minimum Gasteiger partial charge on any atom is -0.384 e. The summed E-state index contributed by atoms with van der Waals surface area (Å²) in [5.41, 5.74) is 0.300. The molecule has 1 aliphatic rings. The molecule has 0 amide bonds. The zero-order valence-electron chi connectivity index (χ0n) is 7.72. The van der Waals surface area contributed by atoms with E-state index in [9.17, 15) is 0 Å². The van der Waals surface area contributed by atoms with Crippen LogP contribution in [0.3, 0.4) is 0 Å². The Balaban J connectivity index is 2.55. The Kier molecular flexibility index (Phi) is 2.90. The fourth-order valence-corrected chi connectivity index (χ4v) is 1.65. The van der Waals surface area contributed by atoms with Crippen LogP contribution in [-0.2, 0) is 9.47 Å². The summed E-state index contributed by atoms with van der Waals surface area (Å²) in [6, 6.07) is 0. The summed E-state index contributed by atoms with van der Waals surface area (Å²) in [5.74, 6) is 0.657. The van der Waals surface area contributed by atoms with Gasteiger partial charge < -0.3 is 9.47 Å². The van der Waals surface area contributed by atoms with Crippen LogP contribution < -0.4 is 0 Å². The molecule has 0 N–H and O–H groups in total. The molecule has 66 valence electrons. The molecule has 1 fully saturated rings. The van der Waals surface area contributed by atoms with Crippen molar-refractivity contribution in [3.63, 3.8) is 0 Å². The van der Waals surface area contributed by atoms with Crippen molar-refractivity contribution in [2.75, 3.05) is 26.9 Å².